The Bertz CT molecular complexity index is 964. The van der Waals surface area contributed by atoms with E-state index in [0.717, 1.165) is 70.6 Å². The zero-order valence-electron chi connectivity index (χ0n) is 32.5. The fraction of sp³-hybridized carbons (Fsp3) is 0.738. The molecular formula is C42H73NO7. The molecule has 0 aromatic rings. The predicted octanol–water partition coefficient (Wildman–Crippen LogP) is 8.74. The molecule has 0 amide bonds. The van der Waals surface area contributed by atoms with E-state index in [4.69, 9.17) is 14.2 Å². The van der Waals surface area contributed by atoms with Crippen LogP contribution in [0.25, 0.3) is 0 Å². The minimum Gasteiger partial charge on any atom is -0.544 e. The van der Waals surface area contributed by atoms with Gasteiger partial charge in [-0.2, -0.15) is 0 Å². The molecule has 0 spiro atoms. The van der Waals surface area contributed by atoms with Crippen molar-refractivity contribution in [1.82, 2.24) is 0 Å². The SMILES string of the molecule is CCCC/C=C/C=C/CCCCCC(=O)OCC(COCCC(C(=O)[O-])[N+](C)(C)C)OC(=O)CCCCCCCC/C=C/C=C/CCCCC. The lowest BCUT2D eigenvalue weighted by atomic mass is 10.1. The average Bonchev–Trinajstić information content (AvgIpc) is 3.06. The number of ether oxygens (including phenoxy) is 3. The van der Waals surface area contributed by atoms with Crippen molar-refractivity contribution in [2.45, 2.75) is 161 Å². The first kappa shape index (κ1) is 47.3. The Labute approximate surface area is 306 Å². The highest BCUT2D eigenvalue weighted by Crippen LogP contribution is 2.12. The third kappa shape index (κ3) is 31.3. The van der Waals surface area contributed by atoms with E-state index in [0.29, 0.717) is 12.8 Å². The number of carboxylic acid groups (broad SMARTS) is 1. The number of hydrogen-bond donors (Lipinski definition) is 0. The van der Waals surface area contributed by atoms with E-state index in [-0.39, 0.29) is 42.7 Å². The van der Waals surface area contributed by atoms with Crippen molar-refractivity contribution in [3.05, 3.63) is 48.6 Å². The van der Waals surface area contributed by atoms with Crippen molar-refractivity contribution in [1.29, 1.82) is 0 Å². The maximum absolute atomic E-state index is 12.6. The fourth-order valence-electron chi connectivity index (χ4n) is 5.33. The molecule has 0 bridgehead atoms. The van der Waals surface area contributed by atoms with Crippen molar-refractivity contribution < 1.29 is 38.2 Å². The van der Waals surface area contributed by atoms with Gasteiger partial charge in [0.1, 0.15) is 12.6 Å². The number of likely N-dealkylation sites (N-methyl/N-ethyl adjacent to an activating group) is 1. The first-order valence-electron chi connectivity index (χ1n) is 19.7. The molecule has 0 aromatic heterocycles. The minimum absolute atomic E-state index is 0.0260. The zero-order chi connectivity index (χ0) is 37.1. The summed E-state index contributed by atoms with van der Waals surface area (Å²) in [4.78, 5) is 36.6. The Morgan fingerprint density at radius 1 is 0.600 bits per heavy atom. The highest BCUT2D eigenvalue weighted by atomic mass is 16.6. The van der Waals surface area contributed by atoms with Crippen LogP contribution in [0.4, 0.5) is 0 Å². The van der Waals surface area contributed by atoms with Gasteiger partial charge in [0, 0.05) is 19.3 Å². The summed E-state index contributed by atoms with van der Waals surface area (Å²) in [6, 6.07) is -0.731. The molecule has 0 aliphatic heterocycles. The van der Waals surface area contributed by atoms with Crippen LogP contribution < -0.4 is 5.11 Å². The largest absolute Gasteiger partial charge is 0.544 e. The summed E-state index contributed by atoms with van der Waals surface area (Å²) in [5, 5.41) is 11.6. The van der Waals surface area contributed by atoms with E-state index >= 15 is 0 Å². The van der Waals surface area contributed by atoms with Gasteiger partial charge in [-0.15, -0.1) is 0 Å². The quantitative estimate of drug-likeness (QED) is 0.0286. The number of carbonyl (C=O) groups excluding carboxylic acids is 3. The molecule has 0 radical (unpaired) electrons. The maximum Gasteiger partial charge on any atom is 0.306 e. The van der Waals surface area contributed by atoms with Gasteiger partial charge in [0.2, 0.25) is 0 Å². The molecule has 0 rings (SSSR count). The number of allylic oxidation sites excluding steroid dienone is 8. The van der Waals surface area contributed by atoms with Gasteiger partial charge >= 0.3 is 11.9 Å². The number of hydrogen-bond acceptors (Lipinski definition) is 7. The number of unbranched alkanes of at least 4 members (excludes halogenated alkanes) is 14. The monoisotopic (exact) mass is 704 g/mol. The van der Waals surface area contributed by atoms with Crippen LogP contribution in [0, 0.1) is 0 Å². The number of quaternary nitrogens is 1. The van der Waals surface area contributed by atoms with Crippen LogP contribution >= 0.6 is 0 Å². The fourth-order valence-corrected chi connectivity index (χ4v) is 5.33. The van der Waals surface area contributed by atoms with Crippen LogP contribution in [0.5, 0.6) is 0 Å². The first-order chi connectivity index (χ1) is 24.1. The van der Waals surface area contributed by atoms with Crippen LogP contribution in [0.15, 0.2) is 48.6 Å². The summed E-state index contributed by atoms with van der Waals surface area (Å²) in [7, 11) is 5.38. The molecule has 2 unspecified atom stereocenters. The minimum atomic E-state index is -1.13. The van der Waals surface area contributed by atoms with Crippen LogP contribution in [-0.4, -0.2) is 75.5 Å². The van der Waals surface area contributed by atoms with Gasteiger partial charge in [0.15, 0.2) is 6.10 Å². The Morgan fingerprint density at radius 3 is 1.58 bits per heavy atom. The van der Waals surface area contributed by atoms with Crippen LogP contribution in [-0.2, 0) is 28.6 Å². The van der Waals surface area contributed by atoms with E-state index in [2.05, 4.69) is 62.5 Å². The number of esters is 2. The summed E-state index contributed by atoms with van der Waals surface area (Å²) < 4.78 is 17.0. The molecule has 0 fully saturated rings. The maximum atomic E-state index is 12.6. The summed E-state index contributed by atoms with van der Waals surface area (Å²) in [5.41, 5.74) is 0. The van der Waals surface area contributed by atoms with E-state index in [1.165, 1.54) is 44.9 Å². The predicted molar refractivity (Wildman–Crippen MR) is 203 cm³/mol. The van der Waals surface area contributed by atoms with Gasteiger partial charge in [-0.3, -0.25) is 9.59 Å². The third-order valence-corrected chi connectivity index (χ3v) is 8.49. The van der Waals surface area contributed by atoms with Crippen molar-refractivity contribution >= 4 is 17.9 Å². The summed E-state index contributed by atoms with van der Waals surface area (Å²) >= 11 is 0. The second kappa shape index (κ2) is 33.4. The lowest BCUT2D eigenvalue weighted by molar-refractivity contribution is -0.889. The molecule has 50 heavy (non-hydrogen) atoms. The van der Waals surface area contributed by atoms with Gasteiger partial charge in [-0.25, -0.2) is 0 Å². The molecular weight excluding hydrogens is 630 g/mol. The lowest BCUT2D eigenvalue weighted by Crippen LogP contribution is -2.55. The molecule has 0 aliphatic carbocycles. The number of nitrogens with zero attached hydrogens (tertiary/aromatic N) is 1. The van der Waals surface area contributed by atoms with Gasteiger partial charge in [-0.1, -0.05) is 120 Å². The van der Waals surface area contributed by atoms with Crippen LogP contribution in [0.1, 0.15) is 149 Å². The summed E-state index contributed by atoms with van der Waals surface area (Å²) in [6.07, 6.45) is 37.0. The van der Waals surface area contributed by atoms with Crippen molar-refractivity contribution in [3.63, 3.8) is 0 Å². The lowest BCUT2D eigenvalue weighted by Gasteiger charge is -2.34. The van der Waals surface area contributed by atoms with Crippen molar-refractivity contribution in [2.24, 2.45) is 0 Å². The van der Waals surface area contributed by atoms with Gasteiger partial charge < -0.3 is 28.6 Å². The van der Waals surface area contributed by atoms with Crippen LogP contribution in [0.3, 0.4) is 0 Å². The molecule has 0 saturated heterocycles. The number of rotatable bonds is 34. The Balaban J connectivity index is 4.47. The summed E-state index contributed by atoms with van der Waals surface area (Å²) in [5.74, 6) is -1.79. The average molecular weight is 704 g/mol. The summed E-state index contributed by atoms with van der Waals surface area (Å²) in [6.45, 7) is 4.51. The molecule has 0 saturated carbocycles. The number of carbonyl (C=O) groups is 3. The Morgan fingerprint density at radius 2 is 1.06 bits per heavy atom. The molecule has 2 atom stereocenters. The highest BCUT2D eigenvalue weighted by Gasteiger charge is 2.25. The molecule has 0 N–H and O–H groups in total. The van der Waals surface area contributed by atoms with E-state index in [1.807, 2.05) is 0 Å². The number of carboxylic acids is 1. The molecule has 0 aromatic carbocycles. The molecule has 288 valence electrons. The molecule has 0 aliphatic rings. The topological polar surface area (TPSA) is 102 Å². The molecule has 8 heteroatoms. The standard InChI is InChI=1S/C42H73NO7/c1-6-8-10-12-14-16-18-19-20-21-23-25-27-29-31-33-41(45)50-38(36-48-35-34-39(42(46)47)43(3,4)5)37-49-40(44)32-30-28-26-24-22-17-15-13-11-9-7-2/h13-19,22,38-39H,6-12,20-21,23-37H2,1-5H3/b15-13+,16-14+,19-18+,22-17+. The van der Waals surface area contributed by atoms with E-state index in [9.17, 15) is 19.5 Å². The number of aliphatic carboxylic acids is 1. The first-order valence-corrected chi connectivity index (χ1v) is 19.7. The van der Waals surface area contributed by atoms with Crippen LogP contribution in [0.2, 0.25) is 0 Å². The van der Waals surface area contributed by atoms with Crippen molar-refractivity contribution in [3.8, 4) is 0 Å². The van der Waals surface area contributed by atoms with Crippen molar-refractivity contribution in [2.75, 3.05) is 41.0 Å². The zero-order valence-corrected chi connectivity index (χ0v) is 32.5. The Hall–Kier alpha value is -2.71. The third-order valence-electron chi connectivity index (χ3n) is 8.49. The highest BCUT2D eigenvalue weighted by molar-refractivity contribution is 5.70. The van der Waals surface area contributed by atoms with Gasteiger partial charge in [0.05, 0.1) is 40.3 Å². The normalized spacial score (nSPS) is 13.5. The molecule has 0 heterocycles. The second-order valence-corrected chi connectivity index (χ2v) is 14.2. The van der Waals surface area contributed by atoms with Gasteiger partial charge in [0.25, 0.3) is 0 Å². The molecule has 8 nitrogen and oxygen atoms in total. The second-order valence-electron chi connectivity index (χ2n) is 14.2. The van der Waals surface area contributed by atoms with E-state index < -0.39 is 18.1 Å². The van der Waals surface area contributed by atoms with E-state index in [1.54, 1.807) is 21.1 Å². The van der Waals surface area contributed by atoms with Gasteiger partial charge in [-0.05, 0) is 57.8 Å². The Kier molecular flexibility index (Phi) is 31.6. The smallest absolute Gasteiger partial charge is 0.306 e.